The van der Waals surface area contributed by atoms with Crippen LogP contribution in [0, 0.1) is 5.92 Å². The Balaban J connectivity index is 0.00000180. The van der Waals surface area contributed by atoms with Crippen molar-refractivity contribution in [1.82, 2.24) is 4.90 Å². The van der Waals surface area contributed by atoms with E-state index in [0.717, 1.165) is 23.6 Å². The quantitative estimate of drug-likeness (QED) is 0.913. The molecule has 1 amide bonds. The molecule has 2 N–H and O–H groups in total. The fraction of sp³-hybridized carbons (Fsp3) is 0.500. The van der Waals surface area contributed by atoms with Gasteiger partial charge in [0.05, 0.1) is 5.92 Å². The number of nitrogens with two attached hydrogens (primary N) is 1. The minimum absolute atomic E-state index is 0. The molecule has 1 aliphatic rings. The highest BCUT2D eigenvalue weighted by Crippen LogP contribution is 2.26. The van der Waals surface area contributed by atoms with Gasteiger partial charge in [-0.1, -0.05) is 30.7 Å². The van der Waals surface area contributed by atoms with E-state index in [1.54, 1.807) is 0 Å². The summed E-state index contributed by atoms with van der Waals surface area (Å²) >= 11 is 6.16. The standard InChI is InChI=1S/C14H19ClN2O.ClH/c1-9(10(2)16)14(18)17-7-6-12-11(8-17)4-3-5-13(12)15;/h3-5,9-10H,6-8,16H2,1-2H3;1H. The van der Waals surface area contributed by atoms with E-state index < -0.39 is 0 Å². The first-order valence-corrected chi connectivity index (χ1v) is 6.69. The third kappa shape index (κ3) is 3.41. The first kappa shape index (κ1) is 16.3. The van der Waals surface area contributed by atoms with Crippen molar-refractivity contribution < 1.29 is 4.79 Å². The number of benzene rings is 1. The lowest BCUT2D eigenvalue weighted by atomic mass is 9.97. The van der Waals surface area contributed by atoms with Gasteiger partial charge in [-0.2, -0.15) is 0 Å². The van der Waals surface area contributed by atoms with Crippen LogP contribution < -0.4 is 5.73 Å². The molecule has 1 aromatic carbocycles. The van der Waals surface area contributed by atoms with Crippen LogP contribution in [-0.2, 0) is 17.8 Å². The zero-order valence-electron chi connectivity index (χ0n) is 11.2. The summed E-state index contributed by atoms with van der Waals surface area (Å²) in [7, 11) is 0. The van der Waals surface area contributed by atoms with E-state index in [-0.39, 0.29) is 30.3 Å². The molecule has 2 unspecified atom stereocenters. The maximum absolute atomic E-state index is 12.2. The smallest absolute Gasteiger partial charge is 0.227 e. The maximum atomic E-state index is 12.2. The van der Waals surface area contributed by atoms with Crippen LogP contribution in [0.25, 0.3) is 0 Å². The van der Waals surface area contributed by atoms with Gasteiger partial charge >= 0.3 is 0 Å². The Bertz CT molecular complexity index is 463. The highest BCUT2D eigenvalue weighted by Gasteiger charge is 2.27. The van der Waals surface area contributed by atoms with Crippen molar-refractivity contribution in [2.45, 2.75) is 32.9 Å². The number of hydrogen-bond acceptors (Lipinski definition) is 2. The zero-order valence-corrected chi connectivity index (χ0v) is 12.8. The molecule has 0 bridgehead atoms. The minimum Gasteiger partial charge on any atom is -0.338 e. The van der Waals surface area contributed by atoms with Gasteiger partial charge in [-0.3, -0.25) is 4.79 Å². The molecule has 0 fully saturated rings. The monoisotopic (exact) mass is 302 g/mol. The minimum atomic E-state index is -0.134. The average Bonchev–Trinajstić information content (AvgIpc) is 2.36. The molecule has 0 aliphatic carbocycles. The second-order valence-electron chi connectivity index (χ2n) is 5.04. The molecule has 106 valence electrons. The van der Waals surface area contributed by atoms with Gasteiger partial charge in [0.25, 0.3) is 0 Å². The Morgan fingerprint density at radius 1 is 1.42 bits per heavy atom. The molecule has 3 nitrogen and oxygen atoms in total. The molecular weight excluding hydrogens is 283 g/mol. The van der Waals surface area contributed by atoms with Gasteiger partial charge in [0.2, 0.25) is 5.91 Å². The molecule has 0 radical (unpaired) electrons. The Kier molecular flexibility index (Phi) is 5.65. The molecular formula is C14H20Cl2N2O. The summed E-state index contributed by atoms with van der Waals surface area (Å²) in [4.78, 5) is 14.1. The first-order valence-electron chi connectivity index (χ1n) is 6.31. The van der Waals surface area contributed by atoms with Crippen molar-refractivity contribution in [1.29, 1.82) is 0 Å². The molecule has 2 rings (SSSR count). The normalized spacial score (nSPS) is 17.2. The van der Waals surface area contributed by atoms with Crippen LogP contribution in [0.2, 0.25) is 5.02 Å². The number of rotatable bonds is 2. The van der Waals surface area contributed by atoms with Crippen LogP contribution in [0.3, 0.4) is 0 Å². The van der Waals surface area contributed by atoms with Crippen molar-refractivity contribution in [2.75, 3.05) is 6.54 Å². The lowest BCUT2D eigenvalue weighted by molar-refractivity contribution is -0.136. The summed E-state index contributed by atoms with van der Waals surface area (Å²) in [5.41, 5.74) is 8.12. The van der Waals surface area contributed by atoms with Gasteiger partial charge < -0.3 is 10.6 Å². The predicted octanol–water partition coefficient (Wildman–Crippen LogP) is 2.63. The number of hydrogen-bond donors (Lipinski definition) is 1. The summed E-state index contributed by atoms with van der Waals surface area (Å²) in [6, 6.07) is 5.77. The third-order valence-corrected chi connectivity index (χ3v) is 4.05. The molecule has 5 heteroatoms. The fourth-order valence-electron chi connectivity index (χ4n) is 2.26. The largest absolute Gasteiger partial charge is 0.338 e. The number of halogens is 2. The molecule has 0 aromatic heterocycles. The Labute approximate surface area is 125 Å². The van der Waals surface area contributed by atoms with Gasteiger partial charge in [0, 0.05) is 24.2 Å². The van der Waals surface area contributed by atoms with Crippen LogP contribution in [0.15, 0.2) is 18.2 Å². The lowest BCUT2D eigenvalue weighted by Crippen LogP contribution is -2.43. The highest BCUT2D eigenvalue weighted by molar-refractivity contribution is 6.31. The lowest BCUT2D eigenvalue weighted by Gasteiger charge is -2.32. The number of fused-ring (bicyclic) bond motifs is 1. The van der Waals surface area contributed by atoms with Crippen molar-refractivity contribution in [3.05, 3.63) is 34.3 Å². The van der Waals surface area contributed by atoms with E-state index in [4.69, 9.17) is 17.3 Å². The third-order valence-electron chi connectivity index (χ3n) is 3.70. The van der Waals surface area contributed by atoms with Crippen molar-refractivity contribution in [2.24, 2.45) is 11.7 Å². The van der Waals surface area contributed by atoms with E-state index in [2.05, 4.69) is 0 Å². The van der Waals surface area contributed by atoms with Crippen LogP contribution in [-0.4, -0.2) is 23.4 Å². The second kappa shape index (κ2) is 6.60. The molecule has 1 heterocycles. The van der Waals surface area contributed by atoms with Crippen LogP contribution >= 0.6 is 24.0 Å². The summed E-state index contributed by atoms with van der Waals surface area (Å²) in [5.74, 6) is 0.00126. The van der Waals surface area contributed by atoms with Crippen LogP contribution in [0.1, 0.15) is 25.0 Å². The Morgan fingerprint density at radius 3 is 2.74 bits per heavy atom. The topological polar surface area (TPSA) is 46.3 Å². The summed E-state index contributed by atoms with van der Waals surface area (Å²) < 4.78 is 0. The van der Waals surface area contributed by atoms with Crippen molar-refractivity contribution in [3.8, 4) is 0 Å². The molecule has 19 heavy (non-hydrogen) atoms. The van der Waals surface area contributed by atoms with Gasteiger partial charge in [-0.25, -0.2) is 0 Å². The van der Waals surface area contributed by atoms with Gasteiger partial charge in [-0.05, 0) is 30.5 Å². The second-order valence-corrected chi connectivity index (χ2v) is 5.44. The van der Waals surface area contributed by atoms with Gasteiger partial charge in [0.1, 0.15) is 0 Å². The molecule has 1 aliphatic heterocycles. The number of carbonyl (C=O) groups excluding carboxylic acids is 1. The first-order chi connectivity index (χ1) is 8.50. The van der Waals surface area contributed by atoms with Gasteiger partial charge in [-0.15, -0.1) is 12.4 Å². The average molecular weight is 303 g/mol. The molecule has 1 aromatic rings. The highest BCUT2D eigenvalue weighted by atomic mass is 35.5. The van der Waals surface area contributed by atoms with E-state index in [9.17, 15) is 4.79 Å². The Morgan fingerprint density at radius 2 is 2.11 bits per heavy atom. The summed E-state index contributed by atoms with van der Waals surface area (Å²) in [5, 5.41) is 0.805. The zero-order chi connectivity index (χ0) is 13.3. The molecule has 0 saturated heterocycles. The van der Waals surface area contributed by atoms with E-state index in [1.165, 1.54) is 5.56 Å². The van der Waals surface area contributed by atoms with Crippen LogP contribution in [0.5, 0.6) is 0 Å². The van der Waals surface area contributed by atoms with Crippen molar-refractivity contribution in [3.63, 3.8) is 0 Å². The SMILES string of the molecule is CC(N)C(C)C(=O)N1CCc2c(Cl)cccc2C1.Cl. The molecule has 2 atom stereocenters. The molecule has 0 saturated carbocycles. The summed E-state index contributed by atoms with van der Waals surface area (Å²) in [6.45, 7) is 5.14. The maximum Gasteiger partial charge on any atom is 0.227 e. The predicted molar refractivity (Wildman–Crippen MR) is 80.6 cm³/mol. The van der Waals surface area contributed by atoms with E-state index in [1.807, 2.05) is 36.9 Å². The number of nitrogens with zero attached hydrogens (tertiary/aromatic N) is 1. The Hall–Kier alpha value is -0.770. The summed E-state index contributed by atoms with van der Waals surface area (Å²) in [6.07, 6.45) is 0.826. The number of carbonyl (C=O) groups is 1. The van der Waals surface area contributed by atoms with E-state index in [0.29, 0.717) is 6.54 Å². The van der Waals surface area contributed by atoms with E-state index >= 15 is 0 Å². The van der Waals surface area contributed by atoms with Crippen molar-refractivity contribution >= 4 is 29.9 Å². The fourth-order valence-corrected chi connectivity index (χ4v) is 2.55. The van der Waals surface area contributed by atoms with Crippen LogP contribution in [0.4, 0.5) is 0 Å². The number of amides is 1. The molecule has 0 spiro atoms. The van der Waals surface area contributed by atoms with Gasteiger partial charge in [0.15, 0.2) is 0 Å².